The fourth-order valence-electron chi connectivity index (χ4n) is 0.576. The minimum absolute atomic E-state index is 0.645. The molecule has 0 heterocycles. The van der Waals surface area contributed by atoms with E-state index in [9.17, 15) is 0 Å². The van der Waals surface area contributed by atoms with Crippen LogP contribution in [-0.4, -0.2) is 4.89 Å². The maximum absolute atomic E-state index is 8.71. The van der Waals surface area contributed by atoms with E-state index < -0.39 is 7.58 Å². The summed E-state index contributed by atoms with van der Waals surface area (Å²) in [6.07, 6.45) is 0. The Bertz CT molecular complexity index is 190. The zero-order valence-corrected chi connectivity index (χ0v) is 6.93. The molecule has 0 saturated heterocycles. The minimum atomic E-state index is -1.58. The summed E-state index contributed by atoms with van der Waals surface area (Å²) in [6.45, 7) is 0. The Morgan fingerprint density at radius 2 is 1.90 bits per heavy atom. The number of benzene rings is 1. The number of hydrogen-bond donors (Lipinski definition) is 2. The molecule has 1 rings (SSSR count). The molecule has 1 unspecified atom stereocenters. The van der Waals surface area contributed by atoms with E-state index >= 15 is 0 Å². The summed E-state index contributed by atoms with van der Waals surface area (Å²) < 4.78 is 4.90. The molecule has 2 nitrogen and oxygen atoms in total. The van der Waals surface area contributed by atoms with Gasteiger partial charge < -0.3 is 9.42 Å². The highest BCUT2D eigenvalue weighted by atomic mass is 32.7. The Labute approximate surface area is 65.9 Å². The van der Waals surface area contributed by atoms with Gasteiger partial charge in [0.15, 0.2) is 0 Å². The van der Waals surface area contributed by atoms with Crippen LogP contribution >= 0.6 is 19.8 Å². The fraction of sp³-hybridized carbons (Fsp3) is 0. The van der Waals surface area contributed by atoms with Crippen LogP contribution in [0.3, 0.4) is 0 Å². The molecule has 0 fully saturated rings. The maximum Gasteiger partial charge on any atom is 0.292 e. The molecule has 0 aliphatic heterocycles. The Morgan fingerprint density at radius 3 is 2.40 bits per heavy atom. The van der Waals surface area contributed by atoms with Crippen molar-refractivity contribution in [1.29, 1.82) is 0 Å². The van der Waals surface area contributed by atoms with E-state index in [1.54, 1.807) is 12.1 Å². The second-order valence-corrected chi connectivity index (χ2v) is 3.37. The highest BCUT2D eigenvalue weighted by Crippen LogP contribution is 2.37. The van der Waals surface area contributed by atoms with Crippen molar-refractivity contribution in [3.8, 4) is 5.75 Å². The standard InChI is InChI=1S/C6H7O2PS/c7-9(10)8-6-4-2-1-3-5-6/h1-5,7,10H. The Morgan fingerprint density at radius 1 is 1.30 bits per heavy atom. The first kappa shape index (κ1) is 7.86. The van der Waals surface area contributed by atoms with Crippen LogP contribution in [0.1, 0.15) is 0 Å². The zero-order valence-electron chi connectivity index (χ0n) is 5.14. The summed E-state index contributed by atoms with van der Waals surface area (Å²) in [7, 11) is -1.58. The van der Waals surface area contributed by atoms with Gasteiger partial charge in [-0.3, -0.25) is 0 Å². The van der Waals surface area contributed by atoms with E-state index in [1.807, 2.05) is 18.2 Å². The second-order valence-electron chi connectivity index (χ2n) is 1.66. The van der Waals surface area contributed by atoms with Crippen LogP contribution in [0.4, 0.5) is 0 Å². The van der Waals surface area contributed by atoms with Gasteiger partial charge in [0.1, 0.15) is 5.75 Å². The average molecular weight is 174 g/mol. The molecular weight excluding hydrogens is 167 g/mol. The predicted molar refractivity (Wildman–Crippen MR) is 45.2 cm³/mol. The van der Waals surface area contributed by atoms with Crippen molar-refractivity contribution < 1.29 is 9.42 Å². The molecule has 0 aliphatic rings. The lowest BCUT2D eigenvalue weighted by Gasteiger charge is -2.03. The van der Waals surface area contributed by atoms with Crippen molar-refractivity contribution in [2.45, 2.75) is 0 Å². The first-order chi connectivity index (χ1) is 4.79. The van der Waals surface area contributed by atoms with Crippen LogP contribution in [0.2, 0.25) is 0 Å². The van der Waals surface area contributed by atoms with E-state index in [0.29, 0.717) is 5.75 Å². The molecule has 0 spiro atoms. The first-order valence-electron chi connectivity index (χ1n) is 2.70. The third kappa shape index (κ3) is 2.56. The molecule has 0 bridgehead atoms. The molecule has 1 aromatic carbocycles. The number of para-hydroxylation sites is 1. The lowest BCUT2D eigenvalue weighted by molar-refractivity contribution is 0.508. The quantitative estimate of drug-likeness (QED) is 0.531. The SMILES string of the molecule is OP(S)Oc1ccccc1. The third-order valence-electron chi connectivity index (χ3n) is 0.930. The van der Waals surface area contributed by atoms with Crippen LogP contribution in [0.15, 0.2) is 30.3 Å². The van der Waals surface area contributed by atoms with E-state index in [1.165, 1.54) is 0 Å². The summed E-state index contributed by atoms with van der Waals surface area (Å²) in [5, 5.41) is 0. The lowest BCUT2D eigenvalue weighted by Crippen LogP contribution is -1.78. The maximum atomic E-state index is 8.71. The van der Waals surface area contributed by atoms with Gasteiger partial charge in [0.25, 0.3) is 7.58 Å². The van der Waals surface area contributed by atoms with Gasteiger partial charge in [-0.25, -0.2) is 0 Å². The highest BCUT2D eigenvalue weighted by molar-refractivity contribution is 8.41. The van der Waals surface area contributed by atoms with Gasteiger partial charge >= 0.3 is 0 Å². The van der Waals surface area contributed by atoms with Crippen molar-refractivity contribution >= 4 is 19.8 Å². The lowest BCUT2D eigenvalue weighted by atomic mass is 10.3. The molecule has 1 N–H and O–H groups in total. The van der Waals surface area contributed by atoms with E-state index in [4.69, 9.17) is 9.42 Å². The summed E-state index contributed by atoms with van der Waals surface area (Å²) in [6, 6.07) is 9.08. The van der Waals surface area contributed by atoms with Gasteiger partial charge in [-0.15, -0.1) is 0 Å². The highest BCUT2D eigenvalue weighted by Gasteiger charge is 1.97. The fourth-order valence-corrected chi connectivity index (χ4v) is 1.17. The monoisotopic (exact) mass is 174 g/mol. The molecule has 0 saturated carbocycles. The molecule has 1 aromatic rings. The van der Waals surface area contributed by atoms with Gasteiger partial charge in [-0.05, 0) is 12.1 Å². The van der Waals surface area contributed by atoms with Crippen molar-refractivity contribution in [3.05, 3.63) is 30.3 Å². The molecule has 0 aliphatic carbocycles. The normalized spacial score (nSPS) is 12.6. The summed E-state index contributed by atoms with van der Waals surface area (Å²) in [5.74, 6) is 0.645. The minimum Gasteiger partial charge on any atom is -0.440 e. The Hall–Kier alpha value is -0.240. The number of thiol groups is 1. The van der Waals surface area contributed by atoms with Gasteiger partial charge in [0.2, 0.25) is 0 Å². The van der Waals surface area contributed by atoms with Crippen LogP contribution in [0.25, 0.3) is 0 Å². The molecule has 54 valence electrons. The van der Waals surface area contributed by atoms with Crippen molar-refractivity contribution in [1.82, 2.24) is 0 Å². The van der Waals surface area contributed by atoms with Crippen LogP contribution in [0.5, 0.6) is 5.75 Å². The number of hydrogen-bond acceptors (Lipinski definition) is 3. The number of rotatable bonds is 2. The van der Waals surface area contributed by atoms with E-state index in [2.05, 4.69) is 12.2 Å². The molecule has 1 atom stereocenters. The first-order valence-corrected chi connectivity index (χ1v) is 5.06. The third-order valence-corrected chi connectivity index (χ3v) is 1.55. The molecule has 0 radical (unpaired) electrons. The predicted octanol–water partition coefficient (Wildman–Crippen LogP) is 2.21. The van der Waals surface area contributed by atoms with Crippen LogP contribution < -0.4 is 4.52 Å². The molecule has 4 heteroatoms. The van der Waals surface area contributed by atoms with Gasteiger partial charge in [0, 0.05) is 0 Å². The summed E-state index contributed by atoms with van der Waals surface area (Å²) in [4.78, 5) is 8.71. The van der Waals surface area contributed by atoms with Gasteiger partial charge in [-0.1, -0.05) is 30.4 Å². The van der Waals surface area contributed by atoms with E-state index in [-0.39, 0.29) is 0 Å². The molecule has 0 amide bonds. The van der Waals surface area contributed by atoms with Gasteiger partial charge in [-0.2, -0.15) is 0 Å². The molecule has 10 heavy (non-hydrogen) atoms. The zero-order chi connectivity index (χ0) is 7.40. The largest absolute Gasteiger partial charge is 0.440 e. The second kappa shape index (κ2) is 3.81. The van der Waals surface area contributed by atoms with Crippen molar-refractivity contribution in [2.24, 2.45) is 0 Å². The summed E-state index contributed by atoms with van der Waals surface area (Å²) >= 11 is 3.71. The van der Waals surface area contributed by atoms with Crippen LogP contribution in [-0.2, 0) is 0 Å². The molecular formula is C6H7O2PS. The average Bonchev–Trinajstić information content (AvgIpc) is 1.88. The topological polar surface area (TPSA) is 29.5 Å². The van der Waals surface area contributed by atoms with Crippen molar-refractivity contribution in [2.75, 3.05) is 0 Å². The molecule has 0 aromatic heterocycles. The van der Waals surface area contributed by atoms with E-state index in [0.717, 1.165) is 0 Å². The summed E-state index contributed by atoms with van der Waals surface area (Å²) in [5.41, 5.74) is 0. The smallest absolute Gasteiger partial charge is 0.292 e. The van der Waals surface area contributed by atoms with Gasteiger partial charge in [0.05, 0.1) is 0 Å². The Balaban J connectivity index is 2.59. The Kier molecular flexibility index (Phi) is 3.00. The van der Waals surface area contributed by atoms with Crippen LogP contribution in [0, 0.1) is 0 Å². The van der Waals surface area contributed by atoms with Crippen molar-refractivity contribution in [3.63, 3.8) is 0 Å².